The number of anilines is 3. The van der Waals surface area contributed by atoms with Crippen molar-refractivity contribution in [2.75, 3.05) is 25.1 Å². The summed E-state index contributed by atoms with van der Waals surface area (Å²) < 4.78 is 0. The van der Waals surface area contributed by atoms with Crippen LogP contribution in [0.15, 0.2) is 35.0 Å². The fourth-order valence-corrected chi connectivity index (χ4v) is 2.17. The molecular formula is C13H15N3OS. The predicted octanol–water partition coefficient (Wildman–Crippen LogP) is 2.78. The van der Waals surface area contributed by atoms with E-state index >= 15 is 0 Å². The number of hydrogen-bond acceptors (Lipinski definition) is 4. The summed E-state index contributed by atoms with van der Waals surface area (Å²) in [6.07, 6.45) is 0. The first-order chi connectivity index (χ1) is 8.58. The molecule has 4 nitrogen and oxygen atoms in total. The molecular weight excluding hydrogens is 246 g/mol. The van der Waals surface area contributed by atoms with Crippen LogP contribution in [0.25, 0.3) is 0 Å². The normalized spacial score (nSPS) is 10.1. The molecule has 0 atom stereocenters. The lowest BCUT2D eigenvalue weighted by Crippen LogP contribution is -2.22. The third kappa shape index (κ3) is 2.62. The zero-order valence-electron chi connectivity index (χ0n) is 10.3. The fraction of sp³-hybridized carbons (Fsp3) is 0.154. The Bertz CT molecular complexity index is 549. The van der Waals surface area contributed by atoms with E-state index in [0.29, 0.717) is 11.3 Å². The highest BCUT2D eigenvalue weighted by Crippen LogP contribution is 2.25. The van der Waals surface area contributed by atoms with Crippen LogP contribution in [0.2, 0.25) is 0 Å². The van der Waals surface area contributed by atoms with Crippen LogP contribution in [0.3, 0.4) is 0 Å². The van der Waals surface area contributed by atoms with E-state index in [2.05, 4.69) is 5.32 Å². The van der Waals surface area contributed by atoms with Gasteiger partial charge in [-0.2, -0.15) is 11.3 Å². The van der Waals surface area contributed by atoms with Gasteiger partial charge in [-0.15, -0.1) is 0 Å². The van der Waals surface area contributed by atoms with Crippen LogP contribution >= 0.6 is 11.3 Å². The van der Waals surface area contributed by atoms with Crippen molar-refractivity contribution < 1.29 is 4.79 Å². The Morgan fingerprint density at radius 2 is 2.11 bits per heavy atom. The SMILES string of the molecule is CN(C)C(=O)c1ccc(N)cc1Nc1ccsc1. The van der Waals surface area contributed by atoms with E-state index in [4.69, 9.17) is 5.73 Å². The molecule has 0 saturated heterocycles. The fourth-order valence-electron chi connectivity index (χ4n) is 1.58. The van der Waals surface area contributed by atoms with E-state index in [0.717, 1.165) is 11.4 Å². The topological polar surface area (TPSA) is 58.4 Å². The summed E-state index contributed by atoms with van der Waals surface area (Å²) in [5, 5.41) is 7.17. The molecule has 0 aliphatic rings. The average Bonchev–Trinajstić information content (AvgIpc) is 2.81. The van der Waals surface area contributed by atoms with E-state index in [-0.39, 0.29) is 5.91 Å². The minimum Gasteiger partial charge on any atom is -0.399 e. The Balaban J connectivity index is 2.38. The van der Waals surface area contributed by atoms with Crippen LogP contribution in [-0.2, 0) is 0 Å². The molecule has 3 N–H and O–H groups in total. The third-order valence-electron chi connectivity index (χ3n) is 2.48. The second-order valence-corrected chi connectivity index (χ2v) is 4.92. The Hall–Kier alpha value is -2.01. The van der Waals surface area contributed by atoms with Gasteiger partial charge in [-0.05, 0) is 29.6 Å². The minimum absolute atomic E-state index is 0.0484. The van der Waals surface area contributed by atoms with Crippen molar-refractivity contribution in [3.05, 3.63) is 40.6 Å². The maximum atomic E-state index is 12.1. The van der Waals surface area contributed by atoms with Crippen LogP contribution in [0.1, 0.15) is 10.4 Å². The smallest absolute Gasteiger partial charge is 0.255 e. The number of nitrogens with zero attached hydrogens (tertiary/aromatic N) is 1. The molecule has 1 heterocycles. The summed E-state index contributed by atoms with van der Waals surface area (Å²) in [6, 6.07) is 7.20. The average molecular weight is 261 g/mol. The lowest BCUT2D eigenvalue weighted by Gasteiger charge is -2.15. The van der Waals surface area contributed by atoms with Crippen LogP contribution in [0.5, 0.6) is 0 Å². The predicted molar refractivity (Wildman–Crippen MR) is 76.5 cm³/mol. The number of nitrogens with two attached hydrogens (primary N) is 1. The zero-order chi connectivity index (χ0) is 13.1. The summed E-state index contributed by atoms with van der Waals surface area (Å²) >= 11 is 1.59. The first-order valence-electron chi connectivity index (χ1n) is 5.48. The van der Waals surface area contributed by atoms with E-state index in [1.807, 2.05) is 16.8 Å². The van der Waals surface area contributed by atoms with Gasteiger partial charge in [0.15, 0.2) is 0 Å². The zero-order valence-corrected chi connectivity index (χ0v) is 11.1. The van der Waals surface area contributed by atoms with Gasteiger partial charge in [-0.25, -0.2) is 0 Å². The molecule has 2 rings (SSSR count). The van der Waals surface area contributed by atoms with Gasteiger partial charge < -0.3 is 16.0 Å². The van der Waals surface area contributed by atoms with Gasteiger partial charge in [0.2, 0.25) is 0 Å². The summed E-state index contributed by atoms with van der Waals surface area (Å²) in [5.74, 6) is -0.0484. The molecule has 2 aromatic rings. The van der Waals surface area contributed by atoms with Gasteiger partial charge in [-0.1, -0.05) is 0 Å². The molecule has 0 saturated carbocycles. The lowest BCUT2D eigenvalue weighted by atomic mass is 10.1. The van der Waals surface area contributed by atoms with Crippen molar-refractivity contribution in [1.82, 2.24) is 4.90 Å². The van der Waals surface area contributed by atoms with E-state index in [1.165, 1.54) is 0 Å². The summed E-state index contributed by atoms with van der Waals surface area (Å²) in [5.41, 5.74) is 8.70. The molecule has 0 aliphatic carbocycles. The number of carbonyl (C=O) groups excluding carboxylic acids is 1. The molecule has 1 amide bonds. The van der Waals surface area contributed by atoms with Crippen molar-refractivity contribution in [3.8, 4) is 0 Å². The van der Waals surface area contributed by atoms with Crippen LogP contribution < -0.4 is 11.1 Å². The second-order valence-electron chi connectivity index (χ2n) is 4.14. The maximum absolute atomic E-state index is 12.1. The number of thiophene rings is 1. The number of benzene rings is 1. The molecule has 0 fully saturated rings. The largest absolute Gasteiger partial charge is 0.399 e. The highest BCUT2D eigenvalue weighted by molar-refractivity contribution is 7.08. The van der Waals surface area contributed by atoms with Gasteiger partial charge in [0.25, 0.3) is 5.91 Å². The van der Waals surface area contributed by atoms with Gasteiger partial charge in [0.1, 0.15) is 0 Å². The first kappa shape index (κ1) is 12.4. The molecule has 0 radical (unpaired) electrons. The monoisotopic (exact) mass is 261 g/mol. The van der Waals surface area contributed by atoms with Gasteiger partial charge in [-0.3, -0.25) is 4.79 Å². The molecule has 5 heteroatoms. The molecule has 0 bridgehead atoms. The molecule has 0 spiro atoms. The number of hydrogen-bond donors (Lipinski definition) is 2. The number of nitrogens with one attached hydrogen (secondary N) is 1. The van der Waals surface area contributed by atoms with E-state index in [1.54, 1.807) is 48.5 Å². The Morgan fingerprint density at radius 3 is 2.72 bits per heavy atom. The molecule has 0 unspecified atom stereocenters. The van der Waals surface area contributed by atoms with Crippen molar-refractivity contribution in [2.24, 2.45) is 0 Å². The number of carbonyl (C=O) groups is 1. The van der Waals surface area contributed by atoms with Gasteiger partial charge in [0.05, 0.1) is 11.3 Å². The highest BCUT2D eigenvalue weighted by Gasteiger charge is 2.13. The van der Waals surface area contributed by atoms with Gasteiger partial charge >= 0.3 is 0 Å². The highest BCUT2D eigenvalue weighted by atomic mass is 32.1. The molecule has 94 valence electrons. The number of amides is 1. The Morgan fingerprint density at radius 1 is 1.33 bits per heavy atom. The van der Waals surface area contributed by atoms with Crippen LogP contribution in [0.4, 0.5) is 17.1 Å². The Labute approximate surface area is 110 Å². The maximum Gasteiger partial charge on any atom is 0.255 e. The molecule has 1 aromatic heterocycles. The summed E-state index contributed by atoms with van der Waals surface area (Å²) in [6.45, 7) is 0. The second kappa shape index (κ2) is 5.10. The molecule has 18 heavy (non-hydrogen) atoms. The first-order valence-corrected chi connectivity index (χ1v) is 6.42. The standard InChI is InChI=1S/C13H15N3OS/c1-16(2)13(17)11-4-3-9(14)7-12(11)15-10-5-6-18-8-10/h3-8,15H,14H2,1-2H3. The number of nitrogen functional groups attached to an aromatic ring is 1. The van der Waals surface area contributed by atoms with Crippen LogP contribution in [0, 0.1) is 0 Å². The van der Waals surface area contributed by atoms with Gasteiger partial charge in [0, 0.05) is 30.9 Å². The lowest BCUT2D eigenvalue weighted by molar-refractivity contribution is 0.0828. The molecule has 1 aromatic carbocycles. The Kier molecular flexibility index (Phi) is 3.53. The summed E-state index contributed by atoms with van der Waals surface area (Å²) in [4.78, 5) is 13.6. The quantitative estimate of drug-likeness (QED) is 0.835. The third-order valence-corrected chi connectivity index (χ3v) is 3.16. The summed E-state index contributed by atoms with van der Waals surface area (Å²) in [7, 11) is 3.46. The molecule has 0 aliphatic heterocycles. The van der Waals surface area contributed by atoms with Crippen LogP contribution in [-0.4, -0.2) is 24.9 Å². The van der Waals surface area contributed by atoms with E-state index in [9.17, 15) is 4.79 Å². The van der Waals surface area contributed by atoms with Crippen molar-refractivity contribution >= 4 is 34.3 Å². The van der Waals surface area contributed by atoms with Crippen molar-refractivity contribution in [2.45, 2.75) is 0 Å². The van der Waals surface area contributed by atoms with E-state index < -0.39 is 0 Å². The van der Waals surface area contributed by atoms with Crippen molar-refractivity contribution in [1.29, 1.82) is 0 Å². The van der Waals surface area contributed by atoms with Crippen molar-refractivity contribution in [3.63, 3.8) is 0 Å². The minimum atomic E-state index is -0.0484. The number of rotatable bonds is 3.